The first kappa shape index (κ1) is 16.9. The largest absolute Gasteiger partial charge is 0.454 e. The van der Waals surface area contributed by atoms with Gasteiger partial charge in [0.1, 0.15) is 11.6 Å². The number of nitrogens with zero attached hydrogens (tertiary/aromatic N) is 3. The Kier molecular flexibility index (Phi) is 4.45. The van der Waals surface area contributed by atoms with Gasteiger partial charge in [0.15, 0.2) is 17.3 Å². The van der Waals surface area contributed by atoms with Gasteiger partial charge in [0, 0.05) is 31.3 Å². The third-order valence-electron chi connectivity index (χ3n) is 5.09. The third kappa shape index (κ3) is 3.45. The molecule has 3 aromatic rings. The molecular formula is C22H22N4O2. The van der Waals surface area contributed by atoms with Gasteiger partial charge in [0.25, 0.3) is 0 Å². The van der Waals surface area contributed by atoms with E-state index in [0.717, 1.165) is 53.2 Å². The fraction of sp³-hybridized carbons (Fsp3) is 0.273. The molecule has 0 spiro atoms. The molecule has 28 heavy (non-hydrogen) atoms. The zero-order valence-electron chi connectivity index (χ0n) is 15.6. The summed E-state index contributed by atoms with van der Waals surface area (Å²) in [4.78, 5) is 11.9. The second-order valence-corrected chi connectivity index (χ2v) is 7.04. The van der Waals surface area contributed by atoms with Crippen molar-refractivity contribution in [3.8, 4) is 22.9 Å². The summed E-state index contributed by atoms with van der Waals surface area (Å²) in [6, 6.07) is 18.2. The summed E-state index contributed by atoms with van der Waals surface area (Å²) in [7, 11) is 0. The SMILES string of the molecule is c1ccc(-c2nc(NCc3ccc4c(c3)OCO4)cc(N3CCCC3)n2)cc1. The number of ether oxygens (including phenoxy) is 2. The topological polar surface area (TPSA) is 59.5 Å². The summed E-state index contributed by atoms with van der Waals surface area (Å²) in [5.74, 6) is 4.16. The van der Waals surface area contributed by atoms with Crippen molar-refractivity contribution in [1.82, 2.24) is 9.97 Å². The van der Waals surface area contributed by atoms with Crippen LogP contribution in [0, 0.1) is 0 Å². The number of anilines is 2. The maximum absolute atomic E-state index is 5.47. The van der Waals surface area contributed by atoms with Crippen molar-refractivity contribution in [2.45, 2.75) is 19.4 Å². The predicted octanol–water partition coefficient (Wildman–Crippen LogP) is 4.08. The summed E-state index contributed by atoms with van der Waals surface area (Å²) < 4.78 is 10.9. The van der Waals surface area contributed by atoms with Crippen LogP contribution in [0.2, 0.25) is 0 Å². The Balaban J connectivity index is 1.42. The van der Waals surface area contributed by atoms with Crippen LogP contribution in [0.1, 0.15) is 18.4 Å². The minimum Gasteiger partial charge on any atom is -0.454 e. The molecule has 1 N–H and O–H groups in total. The molecule has 1 aromatic heterocycles. The van der Waals surface area contributed by atoms with Crippen molar-refractivity contribution in [2.75, 3.05) is 30.1 Å². The van der Waals surface area contributed by atoms with Crippen LogP contribution in [-0.4, -0.2) is 29.9 Å². The van der Waals surface area contributed by atoms with E-state index in [1.807, 2.05) is 54.6 Å². The molecule has 0 aliphatic carbocycles. The van der Waals surface area contributed by atoms with E-state index in [1.54, 1.807) is 0 Å². The fourth-order valence-corrected chi connectivity index (χ4v) is 3.59. The number of benzene rings is 2. The predicted molar refractivity (Wildman–Crippen MR) is 109 cm³/mol. The first-order valence-corrected chi connectivity index (χ1v) is 9.67. The highest BCUT2D eigenvalue weighted by molar-refractivity contribution is 5.62. The number of hydrogen-bond acceptors (Lipinski definition) is 6. The van der Waals surface area contributed by atoms with Gasteiger partial charge < -0.3 is 19.7 Å². The van der Waals surface area contributed by atoms with Gasteiger partial charge in [-0.3, -0.25) is 0 Å². The monoisotopic (exact) mass is 374 g/mol. The number of aromatic nitrogens is 2. The lowest BCUT2D eigenvalue weighted by molar-refractivity contribution is 0.174. The molecule has 0 saturated carbocycles. The first-order chi connectivity index (χ1) is 13.8. The zero-order valence-corrected chi connectivity index (χ0v) is 15.6. The van der Waals surface area contributed by atoms with E-state index < -0.39 is 0 Å². The van der Waals surface area contributed by atoms with Crippen LogP contribution >= 0.6 is 0 Å². The molecule has 0 amide bonds. The van der Waals surface area contributed by atoms with Crippen molar-refractivity contribution in [3.05, 3.63) is 60.2 Å². The summed E-state index contributed by atoms with van der Waals surface area (Å²) in [6.45, 7) is 3.04. The van der Waals surface area contributed by atoms with Crippen LogP contribution in [0.5, 0.6) is 11.5 Å². The third-order valence-corrected chi connectivity index (χ3v) is 5.09. The molecule has 1 fully saturated rings. The summed E-state index contributed by atoms with van der Waals surface area (Å²) in [6.07, 6.45) is 2.43. The molecule has 2 aliphatic rings. The highest BCUT2D eigenvalue weighted by Crippen LogP contribution is 2.33. The van der Waals surface area contributed by atoms with E-state index in [-0.39, 0.29) is 6.79 Å². The molecule has 142 valence electrons. The van der Waals surface area contributed by atoms with Gasteiger partial charge >= 0.3 is 0 Å². The zero-order chi connectivity index (χ0) is 18.8. The van der Waals surface area contributed by atoms with Crippen molar-refractivity contribution in [2.24, 2.45) is 0 Å². The Morgan fingerprint density at radius 3 is 2.57 bits per heavy atom. The quantitative estimate of drug-likeness (QED) is 0.726. The average molecular weight is 374 g/mol. The maximum atomic E-state index is 5.47. The summed E-state index contributed by atoms with van der Waals surface area (Å²) in [5.41, 5.74) is 2.14. The van der Waals surface area contributed by atoms with E-state index in [9.17, 15) is 0 Å². The van der Waals surface area contributed by atoms with Crippen LogP contribution in [0.3, 0.4) is 0 Å². The van der Waals surface area contributed by atoms with Crippen LogP contribution in [0.4, 0.5) is 11.6 Å². The van der Waals surface area contributed by atoms with E-state index in [1.165, 1.54) is 12.8 Å². The van der Waals surface area contributed by atoms with Crippen molar-refractivity contribution in [3.63, 3.8) is 0 Å². The molecule has 0 radical (unpaired) electrons. The fourth-order valence-electron chi connectivity index (χ4n) is 3.59. The Labute approximate surface area is 164 Å². The lowest BCUT2D eigenvalue weighted by atomic mass is 10.2. The first-order valence-electron chi connectivity index (χ1n) is 9.67. The standard InChI is InChI=1S/C22H22N4O2/c1-2-6-17(7-3-1)22-24-20(13-21(25-22)26-10-4-5-11-26)23-14-16-8-9-18-19(12-16)28-15-27-18/h1-3,6-9,12-13H,4-5,10-11,14-15H2,(H,23,24,25). The molecule has 6 nitrogen and oxygen atoms in total. The molecule has 2 aliphatic heterocycles. The van der Waals surface area contributed by atoms with Gasteiger partial charge in [0.2, 0.25) is 6.79 Å². The van der Waals surface area contributed by atoms with Gasteiger partial charge in [-0.05, 0) is 30.5 Å². The molecule has 2 aromatic carbocycles. The van der Waals surface area contributed by atoms with E-state index in [0.29, 0.717) is 6.54 Å². The van der Waals surface area contributed by atoms with Crippen molar-refractivity contribution < 1.29 is 9.47 Å². The van der Waals surface area contributed by atoms with Gasteiger partial charge in [-0.2, -0.15) is 0 Å². The Hall–Kier alpha value is -3.28. The highest BCUT2D eigenvalue weighted by Gasteiger charge is 2.17. The lowest BCUT2D eigenvalue weighted by Crippen LogP contribution is -2.20. The number of hydrogen-bond donors (Lipinski definition) is 1. The average Bonchev–Trinajstić information content (AvgIpc) is 3.44. The normalized spacial score (nSPS) is 15.1. The van der Waals surface area contributed by atoms with Gasteiger partial charge in [-0.25, -0.2) is 9.97 Å². The van der Waals surface area contributed by atoms with Crippen LogP contribution in [0.15, 0.2) is 54.6 Å². The van der Waals surface area contributed by atoms with Crippen LogP contribution in [-0.2, 0) is 6.54 Å². The minimum absolute atomic E-state index is 0.289. The van der Waals surface area contributed by atoms with E-state index in [4.69, 9.17) is 19.4 Å². The summed E-state index contributed by atoms with van der Waals surface area (Å²) in [5, 5.41) is 3.45. The van der Waals surface area contributed by atoms with Crippen molar-refractivity contribution >= 4 is 11.6 Å². The second kappa shape index (κ2) is 7.38. The van der Waals surface area contributed by atoms with E-state index >= 15 is 0 Å². The Bertz CT molecular complexity index is 972. The minimum atomic E-state index is 0.289. The number of nitrogens with one attached hydrogen (secondary N) is 1. The summed E-state index contributed by atoms with van der Waals surface area (Å²) >= 11 is 0. The molecule has 3 heterocycles. The van der Waals surface area contributed by atoms with Gasteiger partial charge in [-0.1, -0.05) is 36.4 Å². The van der Waals surface area contributed by atoms with Gasteiger partial charge in [0.05, 0.1) is 0 Å². The highest BCUT2D eigenvalue weighted by atomic mass is 16.7. The maximum Gasteiger partial charge on any atom is 0.231 e. The number of fused-ring (bicyclic) bond motifs is 1. The van der Waals surface area contributed by atoms with Crippen LogP contribution in [0.25, 0.3) is 11.4 Å². The molecule has 0 unspecified atom stereocenters. The Morgan fingerprint density at radius 2 is 1.71 bits per heavy atom. The molecule has 0 atom stereocenters. The van der Waals surface area contributed by atoms with E-state index in [2.05, 4.69) is 10.2 Å². The lowest BCUT2D eigenvalue weighted by Gasteiger charge is -2.18. The smallest absolute Gasteiger partial charge is 0.231 e. The molecular weight excluding hydrogens is 352 g/mol. The number of rotatable bonds is 5. The Morgan fingerprint density at radius 1 is 0.893 bits per heavy atom. The van der Waals surface area contributed by atoms with Crippen LogP contribution < -0.4 is 19.7 Å². The molecule has 6 heteroatoms. The van der Waals surface area contributed by atoms with Crippen molar-refractivity contribution in [1.29, 1.82) is 0 Å². The molecule has 1 saturated heterocycles. The second-order valence-electron chi connectivity index (χ2n) is 7.04. The molecule has 5 rings (SSSR count). The van der Waals surface area contributed by atoms with Gasteiger partial charge in [-0.15, -0.1) is 0 Å². The molecule has 0 bridgehead atoms.